The summed E-state index contributed by atoms with van der Waals surface area (Å²) in [6.45, 7) is 2.29. The van der Waals surface area contributed by atoms with Crippen LogP contribution in [0.5, 0.6) is 0 Å². The van der Waals surface area contributed by atoms with Crippen LogP contribution in [0.4, 0.5) is 0 Å². The quantitative estimate of drug-likeness (QED) is 0.307. The first kappa shape index (κ1) is 18.6. The lowest BCUT2D eigenvalue weighted by Gasteiger charge is -2.04. The van der Waals surface area contributed by atoms with Crippen molar-refractivity contribution in [2.24, 2.45) is 0 Å². The van der Waals surface area contributed by atoms with E-state index < -0.39 is 0 Å². The van der Waals surface area contributed by atoms with E-state index in [-0.39, 0.29) is 0 Å². The van der Waals surface area contributed by atoms with E-state index in [0.717, 1.165) is 12.2 Å². The average Bonchev–Trinajstić information content (AvgIpc) is 2.51. The van der Waals surface area contributed by atoms with Crippen LogP contribution in [0.25, 0.3) is 0 Å². The van der Waals surface area contributed by atoms with Crippen molar-refractivity contribution in [1.29, 1.82) is 0 Å². The Morgan fingerprint density at radius 2 is 1.05 bits per heavy atom. The van der Waals surface area contributed by atoms with Gasteiger partial charge in [0.15, 0.2) is 0 Å². The van der Waals surface area contributed by atoms with Crippen molar-refractivity contribution in [2.45, 2.75) is 84.0 Å². The third-order valence-electron chi connectivity index (χ3n) is 4.24. The minimum Gasteiger partial charge on any atom is -0.179 e. The maximum atomic E-state index is 4.28. The van der Waals surface area contributed by atoms with Gasteiger partial charge in [0.05, 0.1) is 0 Å². The number of thiol groups is 1. The molecule has 0 aliphatic rings. The van der Waals surface area contributed by atoms with Crippen molar-refractivity contribution in [3.05, 3.63) is 35.4 Å². The molecule has 0 amide bonds. The highest BCUT2D eigenvalue weighted by Gasteiger charge is 1.96. The van der Waals surface area contributed by atoms with Gasteiger partial charge >= 0.3 is 0 Å². The molecule has 1 aromatic rings. The summed E-state index contributed by atoms with van der Waals surface area (Å²) in [6.07, 6.45) is 16.5. The molecular weight excluding hydrogens is 272 g/mol. The third kappa shape index (κ3) is 10.0. The summed E-state index contributed by atoms with van der Waals surface area (Å²) >= 11 is 4.28. The topological polar surface area (TPSA) is 0 Å². The number of hydrogen-bond acceptors (Lipinski definition) is 1. The molecule has 1 heteroatoms. The summed E-state index contributed by atoms with van der Waals surface area (Å²) in [5, 5.41) is 0. The van der Waals surface area contributed by atoms with Crippen molar-refractivity contribution in [1.82, 2.24) is 0 Å². The second-order valence-electron chi connectivity index (χ2n) is 6.22. The fourth-order valence-corrected chi connectivity index (χ4v) is 3.08. The van der Waals surface area contributed by atoms with E-state index in [2.05, 4.69) is 43.8 Å². The number of benzene rings is 1. The van der Waals surface area contributed by atoms with Gasteiger partial charge in [-0.15, -0.1) is 0 Å². The number of aryl methyl sites for hydroxylation is 2. The second kappa shape index (κ2) is 13.2. The Kier molecular flexibility index (Phi) is 11.7. The SMILES string of the molecule is CCCCCCCCCCCCc1ccc(CCS)cc1. The van der Waals surface area contributed by atoms with Gasteiger partial charge in [0, 0.05) is 0 Å². The predicted octanol–water partition coefficient (Wildman–Crippen LogP) is 6.62. The number of rotatable bonds is 13. The maximum absolute atomic E-state index is 4.28. The fourth-order valence-electron chi connectivity index (χ4n) is 2.82. The lowest BCUT2D eigenvalue weighted by molar-refractivity contribution is 0.556. The van der Waals surface area contributed by atoms with Crippen LogP contribution in [0.1, 0.15) is 82.3 Å². The Balaban J connectivity index is 1.94. The van der Waals surface area contributed by atoms with Gasteiger partial charge in [0.25, 0.3) is 0 Å². The zero-order chi connectivity index (χ0) is 15.2. The Bertz CT molecular complexity index is 328. The fraction of sp³-hybridized carbons (Fsp3) is 0.700. The van der Waals surface area contributed by atoms with Crippen LogP contribution < -0.4 is 0 Å². The van der Waals surface area contributed by atoms with Crippen molar-refractivity contribution < 1.29 is 0 Å². The summed E-state index contributed by atoms with van der Waals surface area (Å²) in [7, 11) is 0. The van der Waals surface area contributed by atoms with Gasteiger partial charge in [-0.05, 0) is 36.1 Å². The highest BCUT2D eigenvalue weighted by Crippen LogP contribution is 2.13. The smallest absolute Gasteiger partial charge is 0.00574 e. The van der Waals surface area contributed by atoms with Crippen LogP contribution in [-0.2, 0) is 12.8 Å². The minimum absolute atomic E-state index is 0.942. The van der Waals surface area contributed by atoms with Crippen molar-refractivity contribution in [3.8, 4) is 0 Å². The van der Waals surface area contributed by atoms with Gasteiger partial charge in [-0.25, -0.2) is 0 Å². The zero-order valence-electron chi connectivity index (χ0n) is 13.9. The Morgan fingerprint density at radius 3 is 1.52 bits per heavy atom. The molecule has 0 heterocycles. The monoisotopic (exact) mass is 306 g/mol. The van der Waals surface area contributed by atoms with E-state index in [1.54, 1.807) is 0 Å². The minimum atomic E-state index is 0.942. The van der Waals surface area contributed by atoms with Gasteiger partial charge in [0.2, 0.25) is 0 Å². The largest absolute Gasteiger partial charge is 0.179 e. The second-order valence-corrected chi connectivity index (χ2v) is 6.67. The van der Waals surface area contributed by atoms with Crippen molar-refractivity contribution in [3.63, 3.8) is 0 Å². The zero-order valence-corrected chi connectivity index (χ0v) is 14.8. The normalized spacial score (nSPS) is 11.0. The molecule has 0 aliphatic heterocycles. The first-order chi connectivity index (χ1) is 10.4. The Hall–Kier alpha value is -0.430. The molecule has 0 saturated heterocycles. The maximum Gasteiger partial charge on any atom is -0.00574 e. The van der Waals surface area contributed by atoms with Gasteiger partial charge in [-0.1, -0.05) is 89.0 Å². The van der Waals surface area contributed by atoms with E-state index in [1.807, 2.05) is 0 Å². The molecule has 0 unspecified atom stereocenters. The summed E-state index contributed by atoms with van der Waals surface area (Å²) in [5.74, 6) is 0.942. The Labute approximate surface area is 138 Å². The highest BCUT2D eigenvalue weighted by molar-refractivity contribution is 7.80. The van der Waals surface area contributed by atoms with Gasteiger partial charge in [-0.3, -0.25) is 0 Å². The molecule has 0 saturated carbocycles. The lowest BCUT2D eigenvalue weighted by atomic mass is 10.0. The molecule has 0 atom stereocenters. The van der Waals surface area contributed by atoms with Crippen LogP contribution >= 0.6 is 12.6 Å². The lowest BCUT2D eigenvalue weighted by Crippen LogP contribution is -1.89. The van der Waals surface area contributed by atoms with E-state index in [0.29, 0.717) is 0 Å². The molecule has 0 fully saturated rings. The van der Waals surface area contributed by atoms with Gasteiger partial charge < -0.3 is 0 Å². The number of hydrogen-bond donors (Lipinski definition) is 1. The summed E-state index contributed by atoms with van der Waals surface area (Å²) in [4.78, 5) is 0. The average molecular weight is 307 g/mol. The van der Waals surface area contributed by atoms with E-state index in [4.69, 9.17) is 0 Å². The van der Waals surface area contributed by atoms with Crippen molar-refractivity contribution in [2.75, 3.05) is 5.75 Å². The number of unbranched alkanes of at least 4 members (excludes halogenated alkanes) is 9. The molecule has 0 bridgehead atoms. The van der Waals surface area contributed by atoms with Crippen LogP contribution in [-0.4, -0.2) is 5.75 Å². The van der Waals surface area contributed by atoms with E-state index in [1.165, 1.54) is 81.8 Å². The molecule has 0 nitrogen and oxygen atoms in total. The molecule has 0 spiro atoms. The van der Waals surface area contributed by atoms with Crippen LogP contribution in [0.3, 0.4) is 0 Å². The van der Waals surface area contributed by atoms with Crippen molar-refractivity contribution >= 4 is 12.6 Å². The van der Waals surface area contributed by atoms with E-state index in [9.17, 15) is 0 Å². The molecule has 120 valence electrons. The summed E-state index contributed by atoms with van der Waals surface area (Å²) in [5.41, 5.74) is 2.91. The predicted molar refractivity (Wildman–Crippen MR) is 99.5 cm³/mol. The molecule has 1 aromatic carbocycles. The van der Waals surface area contributed by atoms with Crippen LogP contribution in [0, 0.1) is 0 Å². The molecule has 21 heavy (non-hydrogen) atoms. The molecule has 0 N–H and O–H groups in total. The van der Waals surface area contributed by atoms with E-state index >= 15 is 0 Å². The summed E-state index contributed by atoms with van der Waals surface area (Å²) in [6, 6.07) is 9.13. The highest BCUT2D eigenvalue weighted by atomic mass is 32.1. The standard InChI is InChI=1S/C20H34S/c1-2-3-4-5-6-7-8-9-10-11-12-19-13-15-20(16-14-19)17-18-21/h13-16,21H,2-12,17-18H2,1H3. The molecule has 0 aliphatic carbocycles. The van der Waals surface area contributed by atoms with Crippen LogP contribution in [0.2, 0.25) is 0 Å². The molecule has 0 aromatic heterocycles. The first-order valence-corrected chi connectivity index (χ1v) is 9.68. The van der Waals surface area contributed by atoms with Gasteiger partial charge in [0.1, 0.15) is 0 Å². The molecule has 0 radical (unpaired) electrons. The first-order valence-electron chi connectivity index (χ1n) is 9.05. The summed E-state index contributed by atoms with van der Waals surface area (Å²) < 4.78 is 0. The van der Waals surface area contributed by atoms with Gasteiger partial charge in [-0.2, -0.15) is 12.6 Å². The molecule has 1 rings (SSSR count). The molecular formula is C20H34S. The third-order valence-corrected chi connectivity index (χ3v) is 4.47. The van der Waals surface area contributed by atoms with Crippen LogP contribution in [0.15, 0.2) is 24.3 Å². The Morgan fingerprint density at radius 1 is 0.619 bits per heavy atom.